The van der Waals surface area contributed by atoms with E-state index in [9.17, 15) is 5.26 Å². The highest BCUT2D eigenvalue weighted by atomic mass is 35.5. The normalized spacial score (nSPS) is 14.0. The van der Waals surface area contributed by atoms with Gasteiger partial charge in [-0.3, -0.25) is 4.40 Å². The summed E-state index contributed by atoms with van der Waals surface area (Å²) in [6.45, 7) is 0. The van der Waals surface area contributed by atoms with E-state index in [0.29, 0.717) is 15.6 Å². The van der Waals surface area contributed by atoms with Gasteiger partial charge in [0.2, 0.25) is 0 Å². The van der Waals surface area contributed by atoms with Gasteiger partial charge in [-0.15, -0.1) is 11.3 Å². The van der Waals surface area contributed by atoms with Crippen molar-refractivity contribution in [3.05, 3.63) is 80.4 Å². The summed E-state index contributed by atoms with van der Waals surface area (Å²) < 4.78 is 2.24. The van der Waals surface area contributed by atoms with Crippen LogP contribution >= 0.6 is 34.5 Å². The Kier molecular flexibility index (Phi) is 5.12. The van der Waals surface area contributed by atoms with Crippen molar-refractivity contribution in [2.24, 2.45) is 0 Å². The quantitative estimate of drug-likeness (QED) is 0.307. The van der Waals surface area contributed by atoms with Crippen LogP contribution in [0.1, 0.15) is 34.7 Å². The Morgan fingerprint density at radius 3 is 2.63 bits per heavy atom. The zero-order valence-electron chi connectivity index (χ0n) is 16.0. The highest BCUT2D eigenvalue weighted by molar-refractivity contribution is 7.17. The second-order valence-corrected chi connectivity index (χ2v) is 9.26. The van der Waals surface area contributed by atoms with Crippen LogP contribution < -0.4 is 0 Å². The number of hydrogen-bond acceptors (Lipinski definition) is 3. The number of rotatable bonds is 3. The van der Waals surface area contributed by atoms with Crippen LogP contribution in [-0.4, -0.2) is 9.38 Å². The number of aryl methyl sites for hydroxylation is 2. The summed E-state index contributed by atoms with van der Waals surface area (Å²) in [6, 6.07) is 17.4. The number of thiazole rings is 1. The summed E-state index contributed by atoms with van der Waals surface area (Å²) >= 11 is 14.0. The number of fused-ring (bicyclic) bond motifs is 3. The van der Waals surface area contributed by atoms with E-state index in [1.807, 2.05) is 54.6 Å². The molecule has 0 atom stereocenters. The Labute approximate surface area is 188 Å². The first-order chi connectivity index (χ1) is 14.6. The largest absolute Gasteiger partial charge is 0.287 e. The van der Waals surface area contributed by atoms with E-state index < -0.39 is 0 Å². The molecule has 2 heterocycles. The highest BCUT2D eigenvalue weighted by Crippen LogP contribution is 2.37. The number of hydrogen-bond donors (Lipinski definition) is 0. The van der Waals surface area contributed by atoms with Crippen LogP contribution in [0.5, 0.6) is 0 Å². The minimum Gasteiger partial charge on any atom is -0.287 e. The van der Waals surface area contributed by atoms with Gasteiger partial charge in [0, 0.05) is 26.2 Å². The molecule has 0 bridgehead atoms. The molecule has 30 heavy (non-hydrogen) atoms. The summed E-state index contributed by atoms with van der Waals surface area (Å²) in [7, 11) is 0. The summed E-state index contributed by atoms with van der Waals surface area (Å²) in [5.41, 5.74) is 5.46. The molecule has 1 aliphatic rings. The van der Waals surface area contributed by atoms with Gasteiger partial charge in [-0.05, 0) is 61.6 Å². The van der Waals surface area contributed by atoms with E-state index in [0.717, 1.165) is 40.3 Å². The van der Waals surface area contributed by atoms with Crippen LogP contribution in [0, 0.1) is 11.3 Å². The van der Waals surface area contributed by atoms with Crippen molar-refractivity contribution >= 4 is 51.1 Å². The summed E-state index contributed by atoms with van der Waals surface area (Å²) in [4.78, 5) is 7.35. The number of nitriles is 1. The van der Waals surface area contributed by atoms with E-state index in [1.54, 1.807) is 11.3 Å². The molecule has 2 aromatic heterocycles. The second kappa shape index (κ2) is 7.92. The minimum absolute atomic E-state index is 0.560. The molecule has 0 fully saturated rings. The van der Waals surface area contributed by atoms with E-state index in [1.165, 1.54) is 23.4 Å². The maximum absolute atomic E-state index is 9.92. The van der Waals surface area contributed by atoms with E-state index in [4.69, 9.17) is 28.2 Å². The van der Waals surface area contributed by atoms with Crippen LogP contribution in [-0.2, 0) is 12.8 Å². The SMILES string of the molecule is N#C/C(=C\c1c(-c2ccc(Cl)cc2)nc2sc3c(n12)CCCC3)c1cccc(Cl)c1. The minimum atomic E-state index is 0.560. The number of imidazole rings is 1. The van der Waals surface area contributed by atoms with Crippen molar-refractivity contribution in [3.63, 3.8) is 0 Å². The fourth-order valence-electron chi connectivity index (χ4n) is 3.99. The van der Waals surface area contributed by atoms with Gasteiger partial charge < -0.3 is 0 Å². The fraction of sp³-hybridized carbons (Fsp3) is 0.167. The fourth-order valence-corrected chi connectivity index (χ4v) is 5.52. The van der Waals surface area contributed by atoms with Gasteiger partial charge in [0.25, 0.3) is 0 Å². The third kappa shape index (κ3) is 3.44. The Balaban J connectivity index is 1.77. The molecule has 1 aliphatic carbocycles. The molecule has 3 nitrogen and oxygen atoms in total. The van der Waals surface area contributed by atoms with E-state index in [-0.39, 0.29) is 0 Å². The molecule has 0 saturated carbocycles. The van der Waals surface area contributed by atoms with Crippen LogP contribution in [0.3, 0.4) is 0 Å². The predicted molar refractivity (Wildman–Crippen MR) is 125 cm³/mol. The first-order valence-corrected chi connectivity index (χ1v) is 11.4. The van der Waals surface area contributed by atoms with Gasteiger partial charge in [0.1, 0.15) is 0 Å². The maximum atomic E-state index is 9.92. The van der Waals surface area contributed by atoms with Crippen molar-refractivity contribution in [2.45, 2.75) is 25.7 Å². The Morgan fingerprint density at radius 1 is 1.07 bits per heavy atom. The third-order valence-corrected chi connectivity index (χ3v) is 7.04. The van der Waals surface area contributed by atoms with Crippen molar-refractivity contribution in [1.82, 2.24) is 9.38 Å². The lowest BCUT2D eigenvalue weighted by Gasteiger charge is -2.12. The molecule has 0 amide bonds. The molecular weight excluding hydrogens is 433 g/mol. The van der Waals surface area contributed by atoms with Crippen LogP contribution in [0.2, 0.25) is 10.0 Å². The molecule has 0 unspecified atom stereocenters. The number of halogens is 2. The van der Waals surface area contributed by atoms with Crippen molar-refractivity contribution in [3.8, 4) is 17.3 Å². The van der Waals surface area contributed by atoms with E-state index in [2.05, 4.69) is 10.5 Å². The average molecular weight is 450 g/mol. The molecule has 6 heteroatoms. The molecule has 0 saturated heterocycles. The zero-order valence-corrected chi connectivity index (χ0v) is 18.4. The first kappa shape index (κ1) is 19.4. The average Bonchev–Trinajstić information content (AvgIpc) is 3.29. The van der Waals surface area contributed by atoms with Crippen LogP contribution in [0.25, 0.3) is 27.9 Å². The molecule has 148 valence electrons. The number of aromatic nitrogens is 2. The maximum Gasteiger partial charge on any atom is 0.195 e. The smallest absolute Gasteiger partial charge is 0.195 e. The van der Waals surface area contributed by atoms with Crippen LogP contribution in [0.15, 0.2) is 48.5 Å². The molecule has 0 radical (unpaired) electrons. The van der Waals surface area contributed by atoms with Crippen molar-refractivity contribution in [2.75, 3.05) is 0 Å². The van der Waals surface area contributed by atoms with Gasteiger partial charge in [0.05, 0.1) is 23.0 Å². The zero-order chi connectivity index (χ0) is 20.7. The summed E-state index contributed by atoms with van der Waals surface area (Å²) in [6.07, 6.45) is 6.47. The standard InChI is InChI=1S/C24H17Cl2N3S/c25-18-10-8-15(9-11-18)23-21(13-17(14-27)16-4-3-5-19(26)12-16)29-20-6-1-2-7-22(20)30-24(29)28-23/h3-5,8-13H,1-2,6-7H2/b17-13+. The second-order valence-electron chi connectivity index (χ2n) is 7.33. The number of benzene rings is 2. The lowest BCUT2D eigenvalue weighted by molar-refractivity contribution is 0.674. The van der Waals surface area contributed by atoms with Crippen molar-refractivity contribution < 1.29 is 0 Å². The van der Waals surface area contributed by atoms with Gasteiger partial charge >= 0.3 is 0 Å². The molecule has 4 aromatic rings. The summed E-state index contributed by atoms with van der Waals surface area (Å²) in [5.74, 6) is 0. The van der Waals surface area contributed by atoms with Gasteiger partial charge in [-0.2, -0.15) is 5.26 Å². The molecule has 2 aromatic carbocycles. The van der Waals surface area contributed by atoms with Crippen molar-refractivity contribution in [1.29, 1.82) is 5.26 Å². The Bertz CT molecular complexity index is 1320. The molecule has 0 spiro atoms. The number of allylic oxidation sites excluding steroid dienone is 1. The Hall–Kier alpha value is -2.58. The molecule has 0 aliphatic heterocycles. The summed E-state index contributed by atoms with van der Waals surface area (Å²) in [5, 5.41) is 11.2. The van der Waals surface area contributed by atoms with Crippen LogP contribution in [0.4, 0.5) is 0 Å². The topological polar surface area (TPSA) is 41.1 Å². The molecule has 5 rings (SSSR count). The lowest BCUT2D eigenvalue weighted by atomic mass is 10.0. The monoisotopic (exact) mass is 449 g/mol. The number of nitrogens with zero attached hydrogens (tertiary/aromatic N) is 3. The van der Waals surface area contributed by atoms with Gasteiger partial charge in [-0.1, -0.05) is 47.5 Å². The first-order valence-electron chi connectivity index (χ1n) is 9.81. The van der Waals surface area contributed by atoms with E-state index >= 15 is 0 Å². The Morgan fingerprint density at radius 2 is 1.87 bits per heavy atom. The predicted octanol–water partition coefficient (Wildman–Crippen LogP) is 7.31. The van der Waals surface area contributed by atoms with Gasteiger partial charge in [-0.25, -0.2) is 4.98 Å². The lowest BCUT2D eigenvalue weighted by Crippen LogP contribution is -2.04. The van der Waals surface area contributed by atoms with Gasteiger partial charge in [0.15, 0.2) is 4.96 Å². The third-order valence-electron chi connectivity index (χ3n) is 5.41. The highest BCUT2D eigenvalue weighted by Gasteiger charge is 2.23. The molecular formula is C24H17Cl2N3S. The molecule has 0 N–H and O–H groups in total.